The Bertz CT molecular complexity index is 159. The van der Waals surface area contributed by atoms with Gasteiger partial charge in [-0.15, -0.1) is 12.4 Å². The van der Waals surface area contributed by atoms with Crippen LogP contribution in [0.15, 0.2) is 0 Å². The number of methoxy groups -OCH3 is 1. The summed E-state index contributed by atoms with van der Waals surface area (Å²) in [6.07, 6.45) is 0. The maximum Gasteiger partial charge on any atom is 0.311 e. The molecule has 0 aromatic rings. The van der Waals surface area contributed by atoms with E-state index < -0.39 is 0 Å². The number of carbonyl (C=O) groups is 1. The normalized spacial score (nSPS) is 26.3. The Morgan fingerprint density at radius 1 is 1.64 bits per heavy atom. The number of rotatable bonds is 1. The van der Waals surface area contributed by atoms with Crippen LogP contribution in [0.2, 0.25) is 0 Å². The SMILES string of the molecule is COC(=O)C1CNC1(C)C.Cl. The highest BCUT2D eigenvalue weighted by Crippen LogP contribution is 2.25. The Balaban J connectivity index is 0.000001000. The van der Waals surface area contributed by atoms with Crippen molar-refractivity contribution < 1.29 is 9.53 Å². The van der Waals surface area contributed by atoms with Gasteiger partial charge >= 0.3 is 5.97 Å². The second-order valence-electron chi connectivity index (χ2n) is 3.18. The fourth-order valence-corrected chi connectivity index (χ4v) is 1.13. The molecule has 1 aliphatic rings. The monoisotopic (exact) mass is 179 g/mol. The van der Waals surface area contributed by atoms with Gasteiger partial charge in [0.05, 0.1) is 13.0 Å². The molecule has 66 valence electrons. The number of hydrogen-bond acceptors (Lipinski definition) is 3. The van der Waals surface area contributed by atoms with Gasteiger partial charge in [0.15, 0.2) is 0 Å². The zero-order valence-corrected chi connectivity index (χ0v) is 7.83. The molecule has 0 bridgehead atoms. The largest absolute Gasteiger partial charge is 0.469 e. The number of esters is 1. The molecule has 0 aromatic carbocycles. The van der Waals surface area contributed by atoms with E-state index in [0.29, 0.717) is 0 Å². The number of carbonyl (C=O) groups excluding carboxylic acids is 1. The fraction of sp³-hybridized carbons (Fsp3) is 0.857. The molecule has 3 nitrogen and oxygen atoms in total. The first-order valence-electron chi connectivity index (χ1n) is 3.41. The topological polar surface area (TPSA) is 38.3 Å². The Labute approximate surface area is 72.9 Å². The molecule has 11 heavy (non-hydrogen) atoms. The Kier molecular flexibility index (Phi) is 3.32. The molecule has 4 heteroatoms. The lowest BCUT2D eigenvalue weighted by atomic mass is 9.80. The molecule has 0 aromatic heterocycles. The van der Waals surface area contributed by atoms with E-state index in [4.69, 9.17) is 0 Å². The molecule has 0 saturated carbocycles. The van der Waals surface area contributed by atoms with E-state index in [1.54, 1.807) is 0 Å². The van der Waals surface area contributed by atoms with Crippen molar-refractivity contribution in [2.45, 2.75) is 19.4 Å². The van der Waals surface area contributed by atoms with Crippen LogP contribution in [0.25, 0.3) is 0 Å². The summed E-state index contributed by atoms with van der Waals surface area (Å²) in [4.78, 5) is 10.9. The van der Waals surface area contributed by atoms with Gasteiger partial charge in [-0.05, 0) is 13.8 Å². The van der Waals surface area contributed by atoms with Gasteiger partial charge in [-0.25, -0.2) is 0 Å². The summed E-state index contributed by atoms with van der Waals surface area (Å²) in [6.45, 7) is 4.75. The minimum atomic E-state index is -0.108. The molecule has 1 fully saturated rings. The van der Waals surface area contributed by atoms with Gasteiger partial charge in [-0.2, -0.15) is 0 Å². The average molecular weight is 180 g/mol. The van der Waals surface area contributed by atoms with Crippen molar-refractivity contribution in [2.75, 3.05) is 13.7 Å². The van der Waals surface area contributed by atoms with Crippen molar-refractivity contribution in [2.24, 2.45) is 5.92 Å². The van der Waals surface area contributed by atoms with Crippen LogP contribution in [0, 0.1) is 5.92 Å². The van der Waals surface area contributed by atoms with Gasteiger partial charge in [0, 0.05) is 12.1 Å². The predicted octanol–water partition coefficient (Wildman–Crippen LogP) is 0.579. The average Bonchev–Trinajstić information content (AvgIpc) is 1.86. The Morgan fingerprint density at radius 2 is 2.18 bits per heavy atom. The van der Waals surface area contributed by atoms with Crippen LogP contribution in [0.4, 0.5) is 0 Å². The summed E-state index contributed by atoms with van der Waals surface area (Å²) in [6, 6.07) is 0. The lowest BCUT2D eigenvalue weighted by Gasteiger charge is -2.43. The highest BCUT2D eigenvalue weighted by Gasteiger charge is 2.43. The quantitative estimate of drug-likeness (QED) is 0.599. The van der Waals surface area contributed by atoms with Crippen molar-refractivity contribution in [1.29, 1.82) is 0 Å². The van der Waals surface area contributed by atoms with E-state index in [0.717, 1.165) is 6.54 Å². The molecule has 0 amide bonds. The summed E-state index contributed by atoms with van der Waals surface area (Å²) in [5.74, 6) is -0.0683. The first kappa shape index (κ1) is 10.7. The minimum Gasteiger partial charge on any atom is -0.469 e. The van der Waals surface area contributed by atoms with Crippen LogP contribution >= 0.6 is 12.4 Å². The van der Waals surface area contributed by atoms with Crippen LogP contribution in [-0.2, 0) is 9.53 Å². The Hall–Kier alpha value is -0.280. The molecule has 0 aliphatic carbocycles. The van der Waals surface area contributed by atoms with Crippen LogP contribution in [0.3, 0.4) is 0 Å². The summed E-state index contributed by atoms with van der Waals surface area (Å²) in [5.41, 5.74) is -0.0624. The van der Waals surface area contributed by atoms with Crippen molar-refractivity contribution in [3.63, 3.8) is 0 Å². The molecule has 1 N–H and O–H groups in total. The second kappa shape index (κ2) is 3.41. The van der Waals surface area contributed by atoms with E-state index in [1.165, 1.54) is 7.11 Å². The van der Waals surface area contributed by atoms with Crippen LogP contribution in [-0.4, -0.2) is 25.2 Å². The zero-order valence-electron chi connectivity index (χ0n) is 7.01. The molecule has 1 atom stereocenters. The molecule has 1 saturated heterocycles. The summed E-state index contributed by atoms with van der Waals surface area (Å²) >= 11 is 0. The molecule has 1 aliphatic heterocycles. The van der Waals surface area contributed by atoms with Gasteiger partial charge in [-0.1, -0.05) is 0 Å². The molecule has 0 spiro atoms. The van der Waals surface area contributed by atoms with Gasteiger partial charge in [-0.3, -0.25) is 4.79 Å². The van der Waals surface area contributed by atoms with Gasteiger partial charge in [0.1, 0.15) is 0 Å². The van der Waals surface area contributed by atoms with Crippen molar-refractivity contribution >= 4 is 18.4 Å². The van der Waals surface area contributed by atoms with E-state index in [2.05, 4.69) is 10.1 Å². The van der Waals surface area contributed by atoms with Gasteiger partial charge in [0.2, 0.25) is 0 Å². The maximum atomic E-state index is 10.9. The number of halogens is 1. The lowest BCUT2D eigenvalue weighted by Crippen LogP contribution is -2.64. The van der Waals surface area contributed by atoms with Crippen molar-refractivity contribution in [3.8, 4) is 0 Å². The van der Waals surface area contributed by atoms with E-state index in [1.807, 2.05) is 13.8 Å². The molecule has 1 heterocycles. The van der Waals surface area contributed by atoms with Crippen LogP contribution in [0.1, 0.15) is 13.8 Å². The van der Waals surface area contributed by atoms with Crippen molar-refractivity contribution in [1.82, 2.24) is 5.32 Å². The third-order valence-corrected chi connectivity index (χ3v) is 2.12. The molecular formula is C7H14ClNO2. The third-order valence-electron chi connectivity index (χ3n) is 2.12. The molecule has 1 rings (SSSR count). The van der Waals surface area contributed by atoms with E-state index in [9.17, 15) is 4.79 Å². The predicted molar refractivity (Wildman–Crippen MR) is 44.8 cm³/mol. The summed E-state index contributed by atoms with van der Waals surface area (Å²) in [7, 11) is 1.43. The van der Waals surface area contributed by atoms with Crippen molar-refractivity contribution in [3.05, 3.63) is 0 Å². The second-order valence-corrected chi connectivity index (χ2v) is 3.18. The smallest absolute Gasteiger partial charge is 0.311 e. The summed E-state index contributed by atoms with van der Waals surface area (Å²) < 4.78 is 4.61. The van der Waals surface area contributed by atoms with Crippen LogP contribution in [0.5, 0.6) is 0 Å². The fourth-order valence-electron chi connectivity index (χ4n) is 1.13. The highest BCUT2D eigenvalue weighted by molar-refractivity contribution is 5.85. The zero-order chi connectivity index (χ0) is 7.78. The first-order chi connectivity index (χ1) is 4.58. The van der Waals surface area contributed by atoms with Gasteiger partial charge in [0.25, 0.3) is 0 Å². The Morgan fingerprint density at radius 3 is 2.27 bits per heavy atom. The molecule has 0 radical (unpaired) electrons. The minimum absolute atomic E-state index is 0. The summed E-state index contributed by atoms with van der Waals surface area (Å²) in [5, 5.41) is 3.15. The number of hydrogen-bond donors (Lipinski definition) is 1. The first-order valence-corrected chi connectivity index (χ1v) is 3.41. The van der Waals surface area contributed by atoms with E-state index >= 15 is 0 Å². The number of nitrogens with one attached hydrogen (secondary N) is 1. The third kappa shape index (κ3) is 1.84. The number of ether oxygens (including phenoxy) is 1. The molecular weight excluding hydrogens is 166 g/mol. The standard InChI is InChI=1S/C7H13NO2.ClH/c1-7(2)5(4-8-7)6(9)10-3;/h5,8H,4H2,1-3H3;1H. The maximum absolute atomic E-state index is 10.9. The van der Waals surface area contributed by atoms with Crippen LogP contribution < -0.4 is 5.32 Å². The highest BCUT2D eigenvalue weighted by atomic mass is 35.5. The lowest BCUT2D eigenvalue weighted by molar-refractivity contribution is -0.151. The molecule has 1 unspecified atom stereocenters. The van der Waals surface area contributed by atoms with Gasteiger partial charge < -0.3 is 10.1 Å². The van der Waals surface area contributed by atoms with E-state index in [-0.39, 0.29) is 29.8 Å².